The molecule has 0 bridgehead atoms. The van der Waals surface area contributed by atoms with E-state index >= 15 is 0 Å². The summed E-state index contributed by atoms with van der Waals surface area (Å²) in [5.74, 6) is -1.20. The lowest BCUT2D eigenvalue weighted by Crippen LogP contribution is -2.49. The molecular formula is C38H47N5O7. The van der Waals surface area contributed by atoms with E-state index in [2.05, 4.69) is 21.3 Å². The maximum atomic E-state index is 13.7. The number of amides is 5. The molecule has 4 N–H and O–H groups in total. The van der Waals surface area contributed by atoms with Gasteiger partial charge in [0.05, 0.1) is 25.3 Å². The van der Waals surface area contributed by atoms with E-state index in [0.29, 0.717) is 24.2 Å². The van der Waals surface area contributed by atoms with Crippen molar-refractivity contribution in [3.8, 4) is 11.5 Å². The summed E-state index contributed by atoms with van der Waals surface area (Å²) in [5.41, 5.74) is 1.70. The Morgan fingerprint density at radius 2 is 1.68 bits per heavy atom. The summed E-state index contributed by atoms with van der Waals surface area (Å²) in [5, 5.41) is 11.4. The second-order valence-electron chi connectivity index (χ2n) is 12.8. The van der Waals surface area contributed by atoms with Crippen LogP contribution in [-0.2, 0) is 25.6 Å². The van der Waals surface area contributed by atoms with Gasteiger partial charge in [-0.1, -0.05) is 68.4 Å². The minimum absolute atomic E-state index is 0.0456. The van der Waals surface area contributed by atoms with Crippen molar-refractivity contribution in [3.63, 3.8) is 0 Å². The summed E-state index contributed by atoms with van der Waals surface area (Å²) in [6.07, 6.45) is 0.877. The average Bonchev–Trinajstić information content (AvgIpc) is 3.10. The van der Waals surface area contributed by atoms with Crippen LogP contribution in [0.15, 0.2) is 78.9 Å². The molecular weight excluding hydrogens is 638 g/mol. The standard InChI is InChI=1S/C38H47N5O7/c1-25(2)21-28-24-50-32-16-9-8-15-30(32)36(46)41-31(37(47)39-20-19-26-11-10-14-29(22-26)49-4)17-18-33(44)42-35(27-12-6-5-7-13-27)38(48)43(3)23-34(45)40-28/h5-16,22,25,28,31,35H,17-21,23-24H2,1-4H3,(H,39,47)(H,40,45)(H,41,46)(H,42,44)/t28-,31-,35-/m0/s1. The molecule has 0 saturated heterocycles. The number of rotatable bonds is 8. The Bertz CT molecular complexity index is 1630. The molecule has 50 heavy (non-hydrogen) atoms. The fourth-order valence-corrected chi connectivity index (χ4v) is 5.72. The van der Waals surface area contributed by atoms with E-state index < -0.39 is 41.8 Å². The van der Waals surface area contributed by atoms with Gasteiger partial charge in [0, 0.05) is 20.0 Å². The van der Waals surface area contributed by atoms with E-state index in [1.807, 2.05) is 38.1 Å². The molecule has 12 nitrogen and oxygen atoms in total. The zero-order valence-corrected chi connectivity index (χ0v) is 29.1. The van der Waals surface area contributed by atoms with E-state index in [4.69, 9.17) is 9.47 Å². The van der Waals surface area contributed by atoms with Gasteiger partial charge in [-0.05, 0) is 60.6 Å². The second-order valence-corrected chi connectivity index (χ2v) is 12.8. The van der Waals surface area contributed by atoms with Crippen molar-refractivity contribution in [3.05, 3.63) is 95.6 Å². The maximum absolute atomic E-state index is 13.7. The van der Waals surface area contributed by atoms with Gasteiger partial charge in [0.2, 0.25) is 23.6 Å². The number of benzene rings is 3. The van der Waals surface area contributed by atoms with Crippen LogP contribution in [0.3, 0.4) is 0 Å². The van der Waals surface area contributed by atoms with Crippen molar-refractivity contribution in [2.24, 2.45) is 5.92 Å². The maximum Gasteiger partial charge on any atom is 0.255 e. The first-order chi connectivity index (χ1) is 24.0. The first kappa shape index (κ1) is 37.4. The first-order valence-corrected chi connectivity index (χ1v) is 16.9. The molecule has 0 spiro atoms. The van der Waals surface area contributed by atoms with E-state index in [1.54, 1.807) is 61.7 Å². The predicted molar refractivity (Wildman–Crippen MR) is 188 cm³/mol. The first-order valence-electron chi connectivity index (χ1n) is 16.9. The van der Waals surface area contributed by atoms with Crippen LogP contribution < -0.4 is 30.7 Å². The quantitative estimate of drug-likeness (QED) is 0.284. The molecule has 0 aromatic heterocycles. The number of nitrogens with zero attached hydrogens (tertiary/aromatic N) is 1. The highest BCUT2D eigenvalue weighted by Crippen LogP contribution is 2.21. The highest BCUT2D eigenvalue weighted by atomic mass is 16.5. The number of carbonyl (C=O) groups excluding carboxylic acids is 5. The fourth-order valence-electron chi connectivity index (χ4n) is 5.72. The molecule has 3 atom stereocenters. The molecule has 1 heterocycles. The zero-order valence-electron chi connectivity index (χ0n) is 29.1. The molecule has 0 fully saturated rings. The number of fused-ring (bicyclic) bond motifs is 1. The van der Waals surface area contributed by atoms with Crippen LogP contribution in [0.2, 0.25) is 0 Å². The van der Waals surface area contributed by atoms with Gasteiger partial charge >= 0.3 is 0 Å². The molecule has 0 unspecified atom stereocenters. The highest BCUT2D eigenvalue weighted by molar-refractivity contribution is 6.00. The normalized spacial score (nSPS) is 19.5. The lowest BCUT2D eigenvalue weighted by atomic mass is 10.0. The molecule has 3 aromatic carbocycles. The third-order valence-electron chi connectivity index (χ3n) is 8.26. The minimum Gasteiger partial charge on any atom is -0.497 e. The molecule has 0 radical (unpaired) electrons. The van der Waals surface area contributed by atoms with Crippen LogP contribution in [0.4, 0.5) is 0 Å². The Hall–Kier alpha value is -5.39. The van der Waals surface area contributed by atoms with Crippen LogP contribution in [0.1, 0.15) is 60.6 Å². The number of para-hydroxylation sites is 1. The highest BCUT2D eigenvalue weighted by Gasteiger charge is 2.29. The summed E-state index contributed by atoms with van der Waals surface area (Å²) in [6.45, 7) is 4.14. The Labute approximate surface area is 293 Å². The summed E-state index contributed by atoms with van der Waals surface area (Å²) in [4.78, 5) is 68.7. The molecule has 12 heteroatoms. The molecule has 266 valence electrons. The number of nitrogens with one attached hydrogen (secondary N) is 4. The number of methoxy groups -OCH3 is 1. The third kappa shape index (κ3) is 11.1. The Balaban J connectivity index is 1.61. The van der Waals surface area contributed by atoms with Crippen molar-refractivity contribution in [2.75, 3.05) is 33.9 Å². The fraction of sp³-hybridized carbons (Fsp3) is 0.395. The number of ether oxygens (including phenoxy) is 2. The molecule has 0 aliphatic carbocycles. The predicted octanol–water partition coefficient (Wildman–Crippen LogP) is 3.17. The number of carbonyl (C=O) groups is 5. The van der Waals surface area contributed by atoms with Gasteiger partial charge in [0.15, 0.2) is 0 Å². The molecule has 4 rings (SSSR count). The number of hydrogen-bond donors (Lipinski definition) is 4. The van der Waals surface area contributed by atoms with Gasteiger partial charge in [-0.25, -0.2) is 0 Å². The lowest BCUT2D eigenvalue weighted by Gasteiger charge is -2.27. The molecule has 1 aliphatic heterocycles. The van der Waals surface area contributed by atoms with Crippen molar-refractivity contribution in [2.45, 2.75) is 57.7 Å². The summed E-state index contributed by atoms with van der Waals surface area (Å²) >= 11 is 0. The van der Waals surface area contributed by atoms with Gasteiger partial charge in [0.1, 0.15) is 30.2 Å². The van der Waals surface area contributed by atoms with Gasteiger partial charge in [-0.15, -0.1) is 0 Å². The second kappa shape index (κ2) is 18.4. The Kier molecular flexibility index (Phi) is 13.8. The minimum atomic E-state index is -1.08. The monoisotopic (exact) mass is 685 g/mol. The molecule has 0 saturated carbocycles. The molecule has 3 aromatic rings. The Morgan fingerprint density at radius 3 is 2.42 bits per heavy atom. The zero-order chi connectivity index (χ0) is 36.0. The molecule has 5 amide bonds. The van der Waals surface area contributed by atoms with E-state index in [-0.39, 0.29) is 55.7 Å². The van der Waals surface area contributed by atoms with Crippen molar-refractivity contribution in [1.82, 2.24) is 26.2 Å². The summed E-state index contributed by atoms with van der Waals surface area (Å²) < 4.78 is 11.4. The van der Waals surface area contributed by atoms with Crippen LogP contribution in [0, 0.1) is 5.92 Å². The smallest absolute Gasteiger partial charge is 0.255 e. The summed E-state index contributed by atoms with van der Waals surface area (Å²) in [7, 11) is 3.09. The lowest BCUT2D eigenvalue weighted by molar-refractivity contribution is -0.138. The van der Waals surface area contributed by atoms with Crippen molar-refractivity contribution < 1.29 is 33.4 Å². The van der Waals surface area contributed by atoms with E-state index in [9.17, 15) is 24.0 Å². The number of hydrogen-bond acceptors (Lipinski definition) is 7. The van der Waals surface area contributed by atoms with Gasteiger partial charge in [0.25, 0.3) is 5.91 Å². The average molecular weight is 686 g/mol. The van der Waals surface area contributed by atoms with Gasteiger partial charge in [-0.2, -0.15) is 0 Å². The van der Waals surface area contributed by atoms with E-state index in [0.717, 1.165) is 5.56 Å². The summed E-state index contributed by atoms with van der Waals surface area (Å²) in [6, 6.07) is 20.3. The largest absolute Gasteiger partial charge is 0.497 e. The van der Waals surface area contributed by atoms with Gasteiger partial charge in [-0.3, -0.25) is 24.0 Å². The SMILES string of the molecule is COc1cccc(CCNC(=O)[C@@H]2CCC(=O)N[C@@H](c3ccccc3)C(=O)N(C)CC(=O)N[C@@H](CC(C)C)COc3ccccc3C(=O)N2)c1. The van der Waals surface area contributed by atoms with E-state index in [1.165, 1.54) is 11.9 Å². The molecule has 1 aliphatic rings. The Morgan fingerprint density at radius 1 is 0.940 bits per heavy atom. The van der Waals surface area contributed by atoms with Crippen LogP contribution >= 0.6 is 0 Å². The third-order valence-corrected chi connectivity index (χ3v) is 8.26. The van der Waals surface area contributed by atoms with Crippen LogP contribution in [0.25, 0.3) is 0 Å². The number of likely N-dealkylation sites (N-methyl/N-ethyl adjacent to an activating group) is 1. The van der Waals surface area contributed by atoms with Crippen LogP contribution in [-0.4, -0.2) is 80.4 Å². The van der Waals surface area contributed by atoms with Crippen molar-refractivity contribution in [1.29, 1.82) is 0 Å². The van der Waals surface area contributed by atoms with Crippen molar-refractivity contribution >= 4 is 29.5 Å². The van der Waals surface area contributed by atoms with Gasteiger partial charge < -0.3 is 35.6 Å². The van der Waals surface area contributed by atoms with Crippen LogP contribution in [0.5, 0.6) is 11.5 Å². The topological polar surface area (TPSA) is 155 Å².